The van der Waals surface area contributed by atoms with Gasteiger partial charge in [0.15, 0.2) is 5.13 Å². The zero-order valence-corrected chi connectivity index (χ0v) is 13.1. The van der Waals surface area contributed by atoms with Crippen molar-refractivity contribution in [3.63, 3.8) is 0 Å². The highest BCUT2D eigenvalue weighted by molar-refractivity contribution is 7.18. The number of hydrogen-bond donors (Lipinski definition) is 3. The van der Waals surface area contributed by atoms with Crippen LogP contribution in [0, 0.1) is 5.92 Å². The quantitative estimate of drug-likeness (QED) is 0.750. The van der Waals surface area contributed by atoms with E-state index in [2.05, 4.69) is 36.4 Å². The molecule has 1 heterocycles. The van der Waals surface area contributed by atoms with E-state index in [1.54, 1.807) is 0 Å². The van der Waals surface area contributed by atoms with Gasteiger partial charge in [0.2, 0.25) is 0 Å². The second kappa shape index (κ2) is 6.75. The minimum Gasteiger partial charge on any atom is -0.382 e. The SMILES string of the molecule is CCC(NC(=O)c1sc(NC(C)C)nc1N)C(C)C. The average Bonchev–Trinajstić information content (AvgIpc) is 2.65. The molecule has 5 nitrogen and oxygen atoms in total. The van der Waals surface area contributed by atoms with Crippen LogP contribution >= 0.6 is 11.3 Å². The second-order valence-electron chi connectivity index (χ2n) is 5.26. The number of amides is 1. The first-order valence-corrected chi connectivity index (χ1v) is 7.50. The lowest BCUT2D eigenvalue weighted by Gasteiger charge is -2.20. The highest BCUT2D eigenvalue weighted by Gasteiger charge is 2.20. The van der Waals surface area contributed by atoms with Crippen molar-refractivity contribution in [1.29, 1.82) is 0 Å². The molecular formula is C13H24N4OS. The number of rotatable bonds is 6. The van der Waals surface area contributed by atoms with Gasteiger partial charge in [0.25, 0.3) is 5.91 Å². The first-order valence-electron chi connectivity index (χ1n) is 6.68. The van der Waals surface area contributed by atoms with Gasteiger partial charge in [-0.3, -0.25) is 4.79 Å². The van der Waals surface area contributed by atoms with Crippen molar-refractivity contribution in [2.45, 2.75) is 53.1 Å². The summed E-state index contributed by atoms with van der Waals surface area (Å²) >= 11 is 1.30. The Morgan fingerprint density at radius 3 is 2.47 bits per heavy atom. The van der Waals surface area contributed by atoms with E-state index in [1.807, 2.05) is 13.8 Å². The largest absolute Gasteiger partial charge is 0.382 e. The van der Waals surface area contributed by atoms with Gasteiger partial charge in [-0.15, -0.1) is 0 Å². The highest BCUT2D eigenvalue weighted by Crippen LogP contribution is 2.25. The van der Waals surface area contributed by atoms with Gasteiger partial charge in [0.05, 0.1) is 0 Å². The van der Waals surface area contributed by atoms with Crippen molar-refractivity contribution in [3.8, 4) is 0 Å². The Labute approximate surface area is 119 Å². The van der Waals surface area contributed by atoms with Crippen LogP contribution in [0.15, 0.2) is 0 Å². The summed E-state index contributed by atoms with van der Waals surface area (Å²) in [5.41, 5.74) is 5.81. The molecule has 1 aromatic heterocycles. The summed E-state index contributed by atoms with van der Waals surface area (Å²) in [7, 11) is 0. The van der Waals surface area contributed by atoms with E-state index >= 15 is 0 Å². The molecular weight excluding hydrogens is 260 g/mol. The first kappa shape index (κ1) is 15.8. The monoisotopic (exact) mass is 284 g/mol. The smallest absolute Gasteiger partial charge is 0.265 e. The lowest BCUT2D eigenvalue weighted by molar-refractivity contribution is 0.0929. The topological polar surface area (TPSA) is 80.0 Å². The Kier molecular flexibility index (Phi) is 5.60. The maximum absolute atomic E-state index is 12.2. The third-order valence-corrected chi connectivity index (χ3v) is 3.83. The Bertz CT molecular complexity index is 428. The Hall–Kier alpha value is -1.30. The van der Waals surface area contributed by atoms with Crippen LogP contribution in [0.5, 0.6) is 0 Å². The second-order valence-corrected chi connectivity index (χ2v) is 6.26. The molecule has 0 saturated carbocycles. The fraction of sp³-hybridized carbons (Fsp3) is 0.692. The van der Waals surface area contributed by atoms with E-state index in [-0.39, 0.29) is 18.0 Å². The number of aromatic nitrogens is 1. The molecule has 1 unspecified atom stereocenters. The number of nitrogens with one attached hydrogen (secondary N) is 2. The summed E-state index contributed by atoms with van der Waals surface area (Å²) in [5.74, 6) is 0.563. The Morgan fingerprint density at radius 1 is 1.37 bits per heavy atom. The summed E-state index contributed by atoms with van der Waals surface area (Å²) in [6, 6.07) is 0.427. The van der Waals surface area contributed by atoms with Crippen LogP contribution in [-0.2, 0) is 0 Å². The molecule has 0 aliphatic heterocycles. The fourth-order valence-corrected chi connectivity index (χ4v) is 2.71. The van der Waals surface area contributed by atoms with Crippen LogP contribution in [0.1, 0.15) is 50.7 Å². The fourth-order valence-electron chi connectivity index (χ4n) is 1.78. The molecule has 0 radical (unpaired) electrons. The normalized spacial score (nSPS) is 12.8. The van der Waals surface area contributed by atoms with Gasteiger partial charge < -0.3 is 16.4 Å². The van der Waals surface area contributed by atoms with Gasteiger partial charge in [-0.25, -0.2) is 4.98 Å². The lowest BCUT2D eigenvalue weighted by Crippen LogP contribution is -2.37. The molecule has 1 atom stereocenters. The molecule has 0 bridgehead atoms. The Morgan fingerprint density at radius 2 is 2.00 bits per heavy atom. The maximum Gasteiger partial charge on any atom is 0.265 e. The molecule has 4 N–H and O–H groups in total. The van der Waals surface area contributed by atoms with Crippen molar-refractivity contribution in [2.24, 2.45) is 5.92 Å². The Balaban J connectivity index is 2.79. The predicted octanol–water partition coefficient (Wildman–Crippen LogP) is 2.71. The molecule has 1 amide bonds. The summed E-state index contributed by atoms with van der Waals surface area (Å²) in [5, 5.41) is 6.86. The number of carbonyl (C=O) groups is 1. The molecule has 0 aliphatic rings. The van der Waals surface area contributed by atoms with Gasteiger partial charge >= 0.3 is 0 Å². The number of anilines is 2. The van der Waals surface area contributed by atoms with Gasteiger partial charge in [0, 0.05) is 12.1 Å². The summed E-state index contributed by atoms with van der Waals surface area (Å²) < 4.78 is 0. The van der Waals surface area contributed by atoms with E-state index in [9.17, 15) is 4.79 Å². The van der Waals surface area contributed by atoms with Crippen molar-refractivity contribution in [1.82, 2.24) is 10.3 Å². The number of carbonyl (C=O) groups excluding carboxylic acids is 1. The van der Waals surface area contributed by atoms with Crippen LogP contribution in [0.2, 0.25) is 0 Å². The molecule has 0 aromatic carbocycles. The minimum absolute atomic E-state index is 0.132. The predicted molar refractivity (Wildman–Crippen MR) is 81.7 cm³/mol. The van der Waals surface area contributed by atoms with Gasteiger partial charge in [0.1, 0.15) is 10.7 Å². The third kappa shape index (κ3) is 4.38. The van der Waals surface area contributed by atoms with E-state index in [4.69, 9.17) is 5.73 Å². The molecule has 1 rings (SSSR count). The zero-order valence-electron chi connectivity index (χ0n) is 12.3. The van der Waals surface area contributed by atoms with Gasteiger partial charge in [-0.1, -0.05) is 32.1 Å². The number of nitrogen functional groups attached to an aromatic ring is 1. The summed E-state index contributed by atoms with van der Waals surface area (Å²) in [6.45, 7) is 10.3. The minimum atomic E-state index is -0.132. The standard InChI is InChI=1S/C13H24N4OS/c1-6-9(7(2)3)16-12(18)10-11(14)17-13(19-10)15-8(4)5/h7-9H,6,14H2,1-5H3,(H,15,17)(H,16,18). The third-order valence-electron chi connectivity index (χ3n) is 2.83. The van der Waals surface area contributed by atoms with Crippen LogP contribution in [-0.4, -0.2) is 23.0 Å². The molecule has 1 aromatic rings. The molecule has 108 valence electrons. The molecule has 0 spiro atoms. The number of thiazole rings is 1. The molecule has 0 aliphatic carbocycles. The summed E-state index contributed by atoms with van der Waals surface area (Å²) in [4.78, 5) is 16.9. The average molecular weight is 284 g/mol. The van der Waals surface area contributed by atoms with Gasteiger partial charge in [-0.05, 0) is 26.2 Å². The van der Waals surface area contributed by atoms with Crippen LogP contribution < -0.4 is 16.4 Å². The van der Waals surface area contributed by atoms with Crippen LogP contribution in [0.25, 0.3) is 0 Å². The highest BCUT2D eigenvalue weighted by atomic mass is 32.1. The summed E-state index contributed by atoms with van der Waals surface area (Å²) in [6.07, 6.45) is 0.902. The van der Waals surface area contributed by atoms with E-state index < -0.39 is 0 Å². The number of nitrogens with two attached hydrogens (primary N) is 1. The number of hydrogen-bond acceptors (Lipinski definition) is 5. The van der Waals surface area contributed by atoms with Crippen LogP contribution in [0.4, 0.5) is 10.9 Å². The molecule has 6 heteroatoms. The maximum atomic E-state index is 12.2. The van der Waals surface area contributed by atoms with Crippen molar-refractivity contribution < 1.29 is 4.79 Å². The first-order chi connectivity index (χ1) is 8.85. The van der Waals surface area contributed by atoms with E-state index in [0.29, 0.717) is 21.7 Å². The van der Waals surface area contributed by atoms with Crippen molar-refractivity contribution >= 4 is 28.2 Å². The van der Waals surface area contributed by atoms with E-state index in [1.165, 1.54) is 11.3 Å². The molecule has 0 saturated heterocycles. The van der Waals surface area contributed by atoms with E-state index in [0.717, 1.165) is 6.42 Å². The van der Waals surface area contributed by atoms with Crippen LogP contribution in [0.3, 0.4) is 0 Å². The van der Waals surface area contributed by atoms with Crippen molar-refractivity contribution in [2.75, 3.05) is 11.1 Å². The number of nitrogens with zero attached hydrogens (tertiary/aromatic N) is 1. The zero-order chi connectivity index (χ0) is 14.6. The molecule has 0 fully saturated rings. The lowest BCUT2D eigenvalue weighted by atomic mass is 10.0. The van der Waals surface area contributed by atoms with Gasteiger partial charge in [-0.2, -0.15) is 0 Å². The molecule has 19 heavy (non-hydrogen) atoms. The van der Waals surface area contributed by atoms with Crippen molar-refractivity contribution in [3.05, 3.63) is 4.88 Å².